The Balaban J connectivity index is 5.17. The quantitative estimate of drug-likeness (QED) is 0.784. The second-order valence-corrected chi connectivity index (χ2v) is 2.87. The lowest BCUT2D eigenvalue weighted by molar-refractivity contribution is -0.462. The number of ether oxygens (including phenoxy) is 1. The molecule has 0 aliphatic heterocycles. The number of hydrogen-bond acceptors (Lipinski definition) is 2. The van der Waals surface area contributed by atoms with E-state index in [0.29, 0.717) is 0 Å². The summed E-state index contributed by atoms with van der Waals surface area (Å²) in [7, 11) is 0. The number of alkyl halides is 9. The molecule has 0 aromatic heterocycles. The van der Waals surface area contributed by atoms with E-state index in [-0.39, 0.29) is 0 Å². The van der Waals surface area contributed by atoms with Crippen LogP contribution in [-0.2, 0) is 4.74 Å². The standard InChI is InChI=1S/C6H5F9O2/c7-1-3(9,16)6(14,15)17-4(10,2-8)5(11,12)13/h16H,1-2H2. The Morgan fingerprint density at radius 3 is 1.47 bits per heavy atom. The third-order valence-corrected chi connectivity index (χ3v) is 1.51. The van der Waals surface area contributed by atoms with Gasteiger partial charge in [0, 0.05) is 0 Å². The fourth-order valence-corrected chi connectivity index (χ4v) is 0.520. The molecule has 11 heteroatoms. The van der Waals surface area contributed by atoms with Crippen molar-refractivity contribution in [2.45, 2.75) is 24.0 Å². The van der Waals surface area contributed by atoms with Gasteiger partial charge in [0.15, 0.2) is 13.3 Å². The van der Waals surface area contributed by atoms with Crippen LogP contribution in [0.15, 0.2) is 0 Å². The summed E-state index contributed by atoms with van der Waals surface area (Å²) in [6.45, 7) is -6.02. The maximum Gasteiger partial charge on any atom is 0.451 e. The summed E-state index contributed by atoms with van der Waals surface area (Å²) >= 11 is 0. The molecule has 0 aliphatic rings. The summed E-state index contributed by atoms with van der Waals surface area (Å²) in [4.78, 5) is 0. The Labute approximate surface area is 88.0 Å². The largest absolute Gasteiger partial charge is 0.451 e. The zero-order valence-electron chi connectivity index (χ0n) is 7.67. The highest BCUT2D eigenvalue weighted by Crippen LogP contribution is 2.43. The van der Waals surface area contributed by atoms with Crippen molar-refractivity contribution in [3.63, 3.8) is 0 Å². The normalized spacial score (nSPS) is 20.8. The summed E-state index contributed by atoms with van der Waals surface area (Å²) in [6, 6.07) is 0. The van der Waals surface area contributed by atoms with Crippen LogP contribution in [-0.4, -0.2) is 42.5 Å². The minimum absolute atomic E-state index is 2.23. The van der Waals surface area contributed by atoms with Gasteiger partial charge in [-0.1, -0.05) is 0 Å². The van der Waals surface area contributed by atoms with Gasteiger partial charge in [0.05, 0.1) is 0 Å². The van der Waals surface area contributed by atoms with Crippen LogP contribution in [0.3, 0.4) is 0 Å². The van der Waals surface area contributed by atoms with Crippen LogP contribution in [0.1, 0.15) is 0 Å². The molecule has 0 fully saturated rings. The Hall–Kier alpha value is -0.710. The van der Waals surface area contributed by atoms with Crippen molar-refractivity contribution in [2.75, 3.05) is 13.3 Å². The Morgan fingerprint density at radius 1 is 0.824 bits per heavy atom. The summed E-state index contributed by atoms with van der Waals surface area (Å²) < 4.78 is 110. The molecular weight excluding hydrogens is 275 g/mol. The first-order valence-electron chi connectivity index (χ1n) is 3.70. The van der Waals surface area contributed by atoms with Gasteiger partial charge in [0.1, 0.15) is 0 Å². The molecule has 2 atom stereocenters. The van der Waals surface area contributed by atoms with Crippen LogP contribution in [0.5, 0.6) is 0 Å². The van der Waals surface area contributed by atoms with Crippen LogP contribution < -0.4 is 0 Å². The van der Waals surface area contributed by atoms with Crippen LogP contribution >= 0.6 is 0 Å². The molecule has 17 heavy (non-hydrogen) atoms. The molecule has 0 bridgehead atoms. The molecule has 0 aliphatic carbocycles. The van der Waals surface area contributed by atoms with Gasteiger partial charge in [-0.15, -0.1) is 0 Å². The van der Waals surface area contributed by atoms with Crippen molar-refractivity contribution in [2.24, 2.45) is 0 Å². The van der Waals surface area contributed by atoms with E-state index >= 15 is 0 Å². The molecule has 0 saturated carbocycles. The maximum absolute atomic E-state index is 12.6. The second-order valence-electron chi connectivity index (χ2n) is 2.87. The van der Waals surface area contributed by atoms with Crippen LogP contribution in [0.25, 0.3) is 0 Å². The van der Waals surface area contributed by atoms with E-state index < -0.39 is 37.3 Å². The predicted molar refractivity (Wildman–Crippen MR) is 33.9 cm³/mol. The Kier molecular flexibility index (Phi) is 4.33. The van der Waals surface area contributed by atoms with Gasteiger partial charge in [0.25, 0.3) is 0 Å². The average molecular weight is 280 g/mol. The molecule has 2 unspecified atom stereocenters. The van der Waals surface area contributed by atoms with Crippen molar-refractivity contribution in [1.82, 2.24) is 0 Å². The van der Waals surface area contributed by atoms with E-state index in [0.717, 1.165) is 0 Å². The molecule has 0 heterocycles. The summed E-state index contributed by atoms with van der Waals surface area (Å²) in [5.74, 6) is -10.8. The van der Waals surface area contributed by atoms with Gasteiger partial charge < -0.3 is 5.11 Å². The highest BCUT2D eigenvalue weighted by Gasteiger charge is 2.68. The minimum Gasteiger partial charge on any atom is -0.353 e. The zero-order valence-corrected chi connectivity index (χ0v) is 7.67. The van der Waals surface area contributed by atoms with Gasteiger partial charge >= 0.3 is 24.0 Å². The van der Waals surface area contributed by atoms with E-state index in [1.165, 1.54) is 0 Å². The van der Waals surface area contributed by atoms with Crippen molar-refractivity contribution in [1.29, 1.82) is 0 Å². The van der Waals surface area contributed by atoms with Crippen LogP contribution in [0.2, 0.25) is 0 Å². The number of hydrogen-bond donors (Lipinski definition) is 1. The molecule has 0 rings (SSSR count). The third kappa shape index (κ3) is 3.15. The van der Waals surface area contributed by atoms with Gasteiger partial charge in [-0.2, -0.15) is 30.7 Å². The van der Waals surface area contributed by atoms with E-state index in [4.69, 9.17) is 5.11 Å². The first-order valence-corrected chi connectivity index (χ1v) is 3.70. The maximum atomic E-state index is 12.6. The van der Waals surface area contributed by atoms with Crippen molar-refractivity contribution < 1.29 is 49.4 Å². The number of aliphatic hydroxyl groups is 1. The minimum atomic E-state index is -6.27. The molecule has 0 aromatic carbocycles. The highest BCUT2D eigenvalue weighted by molar-refractivity contribution is 4.83. The summed E-state index contributed by atoms with van der Waals surface area (Å²) in [5.41, 5.74) is 0. The molecule has 0 saturated heterocycles. The lowest BCUT2D eigenvalue weighted by Gasteiger charge is -2.32. The Bertz CT molecular complexity index is 263. The second kappa shape index (κ2) is 4.52. The lowest BCUT2D eigenvalue weighted by Crippen LogP contribution is -2.57. The molecular formula is C6H5F9O2. The van der Waals surface area contributed by atoms with Crippen molar-refractivity contribution in [3.05, 3.63) is 0 Å². The Morgan fingerprint density at radius 2 is 1.24 bits per heavy atom. The van der Waals surface area contributed by atoms with Crippen LogP contribution in [0.4, 0.5) is 39.5 Å². The third-order valence-electron chi connectivity index (χ3n) is 1.51. The molecule has 0 aromatic rings. The van der Waals surface area contributed by atoms with Gasteiger partial charge in [-0.05, 0) is 0 Å². The fraction of sp³-hybridized carbons (Fsp3) is 1.00. The first-order chi connectivity index (χ1) is 7.33. The van der Waals surface area contributed by atoms with E-state index in [1.807, 2.05) is 0 Å². The van der Waals surface area contributed by atoms with E-state index in [1.54, 1.807) is 0 Å². The number of halogens is 9. The van der Waals surface area contributed by atoms with Crippen molar-refractivity contribution >= 4 is 0 Å². The SMILES string of the molecule is OC(F)(CF)C(F)(F)OC(F)(CF)C(F)(F)F. The molecule has 1 N–H and O–H groups in total. The molecule has 104 valence electrons. The lowest BCUT2D eigenvalue weighted by atomic mass is 10.3. The fourth-order valence-electron chi connectivity index (χ4n) is 0.520. The molecule has 0 spiro atoms. The summed E-state index contributed by atoms with van der Waals surface area (Å²) in [6.07, 6.45) is -12.2. The average Bonchev–Trinajstić information content (AvgIpc) is 2.14. The van der Waals surface area contributed by atoms with Crippen molar-refractivity contribution in [3.8, 4) is 0 Å². The smallest absolute Gasteiger partial charge is 0.353 e. The zero-order chi connectivity index (χ0) is 14.1. The monoisotopic (exact) mass is 280 g/mol. The molecule has 2 nitrogen and oxygen atoms in total. The highest BCUT2D eigenvalue weighted by atomic mass is 19.4. The predicted octanol–water partition coefficient (Wildman–Crippen LogP) is 2.42. The summed E-state index contributed by atoms with van der Waals surface area (Å²) in [5, 5.41) is 8.00. The van der Waals surface area contributed by atoms with E-state index in [9.17, 15) is 39.5 Å². The van der Waals surface area contributed by atoms with Gasteiger partial charge in [-0.3, -0.25) is 4.74 Å². The topological polar surface area (TPSA) is 29.5 Å². The molecule has 0 radical (unpaired) electrons. The first kappa shape index (κ1) is 16.3. The van der Waals surface area contributed by atoms with Gasteiger partial charge in [0.2, 0.25) is 0 Å². The molecule has 0 amide bonds. The number of rotatable bonds is 5. The van der Waals surface area contributed by atoms with Crippen LogP contribution in [0, 0.1) is 0 Å². The van der Waals surface area contributed by atoms with E-state index in [2.05, 4.69) is 4.74 Å². The van der Waals surface area contributed by atoms with Gasteiger partial charge in [-0.25, -0.2) is 8.78 Å².